The number of esters is 1. The van der Waals surface area contributed by atoms with Crippen molar-refractivity contribution in [3.05, 3.63) is 29.8 Å². The second-order valence-corrected chi connectivity index (χ2v) is 6.02. The number of hydrogen-bond acceptors (Lipinski definition) is 6. The maximum atomic E-state index is 12.2. The summed E-state index contributed by atoms with van der Waals surface area (Å²) in [5.41, 5.74) is 0.0327. The van der Waals surface area contributed by atoms with Crippen molar-refractivity contribution in [2.45, 2.75) is 11.8 Å². The molecular formula is C12H12N2O6S. The maximum absolute atomic E-state index is 12.2. The lowest BCUT2D eigenvalue weighted by molar-refractivity contribution is -0.142. The molecule has 0 spiro atoms. The van der Waals surface area contributed by atoms with Gasteiger partial charge in [0.05, 0.1) is 5.56 Å². The van der Waals surface area contributed by atoms with E-state index < -0.39 is 34.4 Å². The smallest absolute Gasteiger partial charge is 0.304 e. The summed E-state index contributed by atoms with van der Waals surface area (Å²) < 4.78 is 29.3. The summed E-state index contributed by atoms with van der Waals surface area (Å²) in [6, 6.07) is 5.72. The first-order chi connectivity index (χ1) is 9.84. The third-order valence-electron chi connectivity index (χ3n) is 2.74. The highest BCUT2D eigenvalue weighted by Gasteiger charge is 2.41. The number of ether oxygens (including phenoxy) is 1. The van der Waals surface area contributed by atoms with Gasteiger partial charge in [-0.25, -0.2) is 12.7 Å². The summed E-state index contributed by atoms with van der Waals surface area (Å²) in [5, 5.41) is 2.19. The molecule has 2 amide bonds. The van der Waals surface area contributed by atoms with E-state index >= 15 is 0 Å². The molecule has 0 unspecified atom stereocenters. The van der Waals surface area contributed by atoms with E-state index in [4.69, 9.17) is 0 Å². The second kappa shape index (κ2) is 5.52. The van der Waals surface area contributed by atoms with Crippen molar-refractivity contribution >= 4 is 27.8 Å². The van der Waals surface area contributed by atoms with Crippen LogP contribution in [0.3, 0.4) is 0 Å². The Labute approximate surface area is 120 Å². The SMILES string of the molecule is CC(=O)OCNC(=O)CN1C(=O)c2ccccc2S1(=O)=O. The lowest BCUT2D eigenvalue weighted by Gasteiger charge is -2.14. The predicted octanol–water partition coefficient (Wildman–Crippen LogP) is -0.532. The van der Waals surface area contributed by atoms with Crippen molar-refractivity contribution < 1.29 is 27.5 Å². The largest absolute Gasteiger partial charge is 0.445 e. The number of rotatable bonds is 4. The minimum atomic E-state index is -4.02. The van der Waals surface area contributed by atoms with Gasteiger partial charge in [-0.15, -0.1) is 0 Å². The quantitative estimate of drug-likeness (QED) is 0.591. The summed E-state index contributed by atoms with van der Waals surface area (Å²) in [5.74, 6) is -2.10. The number of hydrogen-bond donors (Lipinski definition) is 1. The average Bonchev–Trinajstić information content (AvgIpc) is 2.60. The molecule has 0 atom stereocenters. The molecule has 0 aliphatic carbocycles. The highest BCUT2D eigenvalue weighted by atomic mass is 32.2. The molecule has 0 bridgehead atoms. The molecular weight excluding hydrogens is 300 g/mol. The first-order valence-electron chi connectivity index (χ1n) is 5.90. The zero-order valence-corrected chi connectivity index (χ0v) is 11.8. The van der Waals surface area contributed by atoms with Crippen molar-refractivity contribution in [3.63, 3.8) is 0 Å². The van der Waals surface area contributed by atoms with Gasteiger partial charge in [-0.2, -0.15) is 0 Å². The van der Waals surface area contributed by atoms with Crippen LogP contribution in [0.1, 0.15) is 17.3 Å². The maximum Gasteiger partial charge on any atom is 0.304 e. The van der Waals surface area contributed by atoms with Gasteiger partial charge in [-0.05, 0) is 12.1 Å². The third kappa shape index (κ3) is 2.87. The van der Waals surface area contributed by atoms with E-state index in [9.17, 15) is 22.8 Å². The molecule has 2 rings (SSSR count). The standard InChI is InChI=1S/C12H12N2O6S/c1-8(15)20-7-13-11(16)6-14-12(17)9-4-2-3-5-10(9)21(14,18)19/h2-5H,6-7H2,1H3,(H,13,16). The first kappa shape index (κ1) is 15.0. The van der Waals surface area contributed by atoms with E-state index in [0.717, 1.165) is 6.92 Å². The number of nitrogens with zero attached hydrogens (tertiary/aromatic N) is 1. The van der Waals surface area contributed by atoms with Crippen LogP contribution in [-0.4, -0.2) is 43.8 Å². The normalized spacial score (nSPS) is 15.5. The molecule has 0 saturated heterocycles. The number of sulfonamides is 1. The Morgan fingerprint density at radius 2 is 1.95 bits per heavy atom. The molecule has 1 aromatic carbocycles. The number of fused-ring (bicyclic) bond motifs is 1. The van der Waals surface area contributed by atoms with Gasteiger partial charge in [0.2, 0.25) is 5.91 Å². The van der Waals surface area contributed by atoms with Gasteiger partial charge < -0.3 is 10.1 Å². The molecule has 0 aromatic heterocycles. The van der Waals surface area contributed by atoms with Crippen LogP contribution < -0.4 is 5.32 Å². The van der Waals surface area contributed by atoms with E-state index in [1.165, 1.54) is 24.3 Å². The highest BCUT2D eigenvalue weighted by Crippen LogP contribution is 2.29. The fraction of sp³-hybridized carbons (Fsp3) is 0.250. The average molecular weight is 312 g/mol. The van der Waals surface area contributed by atoms with E-state index in [0.29, 0.717) is 4.31 Å². The number of amides is 2. The number of nitrogens with one attached hydrogen (secondary N) is 1. The topological polar surface area (TPSA) is 110 Å². The molecule has 1 aromatic rings. The Bertz CT molecular complexity index is 712. The van der Waals surface area contributed by atoms with Crippen molar-refractivity contribution in [1.82, 2.24) is 9.62 Å². The Morgan fingerprint density at radius 1 is 1.29 bits per heavy atom. The summed E-state index contributed by atoms with van der Waals surface area (Å²) in [6.45, 7) is 0.109. The molecule has 0 fully saturated rings. The lowest BCUT2D eigenvalue weighted by Crippen LogP contribution is -2.41. The Hall–Kier alpha value is -2.42. The number of benzene rings is 1. The Kier molecular flexibility index (Phi) is 3.94. The molecule has 21 heavy (non-hydrogen) atoms. The van der Waals surface area contributed by atoms with Gasteiger partial charge >= 0.3 is 5.97 Å². The Balaban J connectivity index is 2.10. The zero-order chi connectivity index (χ0) is 15.6. The molecule has 0 radical (unpaired) electrons. The summed E-state index contributed by atoms with van der Waals surface area (Å²) in [7, 11) is -4.02. The number of carbonyl (C=O) groups excluding carboxylic acids is 3. The lowest BCUT2D eigenvalue weighted by atomic mass is 10.2. The minimum absolute atomic E-state index is 0.0327. The molecule has 8 nitrogen and oxygen atoms in total. The third-order valence-corrected chi connectivity index (χ3v) is 4.53. The fourth-order valence-corrected chi connectivity index (χ4v) is 3.32. The van der Waals surface area contributed by atoms with E-state index in [2.05, 4.69) is 10.1 Å². The van der Waals surface area contributed by atoms with Crippen molar-refractivity contribution in [2.24, 2.45) is 0 Å². The molecule has 1 N–H and O–H groups in total. The van der Waals surface area contributed by atoms with E-state index in [-0.39, 0.29) is 17.2 Å². The van der Waals surface area contributed by atoms with Gasteiger partial charge in [0, 0.05) is 6.92 Å². The van der Waals surface area contributed by atoms with Gasteiger partial charge in [0.25, 0.3) is 15.9 Å². The van der Waals surface area contributed by atoms with Crippen LogP contribution >= 0.6 is 0 Å². The van der Waals surface area contributed by atoms with Gasteiger partial charge in [0.1, 0.15) is 11.4 Å². The predicted molar refractivity (Wildman–Crippen MR) is 69.4 cm³/mol. The fourth-order valence-electron chi connectivity index (χ4n) is 1.79. The summed E-state index contributed by atoms with van der Waals surface area (Å²) in [4.78, 5) is 34.0. The van der Waals surface area contributed by atoms with Crippen molar-refractivity contribution in [2.75, 3.05) is 13.3 Å². The van der Waals surface area contributed by atoms with Gasteiger partial charge in [-0.3, -0.25) is 14.4 Å². The van der Waals surface area contributed by atoms with Crippen LogP contribution in [0, 0.1) is 0 Å². The molecule has 0 saturated carbocycles. The minimum Gasteiger partial charge on any atom is -0.445 e. The van der Waals surface area contributed by atoms with E-state index in [1.54, 1.807) is 0 Å². The Morgan fingerprint density at radius 3 is 2.57 bits per heavy atom. The van der Waals surface area contributed by atoms with Crippen LogP contribution in [-0.2, 0) is 24.3 Å². The van der Waals surface area contributed by atoms with E-state index in [1.807, 2.05) is 0 Å². The van der Waals surface area contributed by atoms with Gasteiger partial charge in [-0.1, -0.05) is 12.1 Å². The van der Waals surface area contributed by atoms with Crippen LogP contribution in [0.25, 0.3) is 0 Å². The second-order valence-electron chi connectivity index (χ2n) is 4.19. The monoisotopic (exact) mass is 312 g/mol. The van der Waals surface area contributed by atoms with Crippen LogP contribution in [0.2, 0.25) is 0 Å². The molecule has 1 heterocycles. The van der Waals surface area contributed by atoms with Crippen molar-refractivity contribution in [1.29, 1.82) is 0 Å². The van der Waals surface area contributed by atoms with Gasteiger partial charge in [0.15, 0.2) is 6.73 Å². The van der Waals surface area contributed by atoms with Crippen LogP contribution in [0.4, 0.5) is 0 Å². The van der Waals surface area contributed by atoms with Crippen molar-refractivity contribution in [3.8, 4) is 0 Å². The first-order valence-corrected chi connectivity index (χ1v) is 7.34. The highest BCUT2D eigenvalue weighted by molar-refractivity contribution is 7.90. The summed E-state index contributed by atoms with van der Waals surface area (Å²) >= 11 is 0. The molecule has 1 aliphatic rings. The zero-order valence-electron chi connectivity index (χ0n) is 11.0. The molecule has 112 valence electrons. The molecule has 9 heteroatoms. The van der Waals surface area contributed by atoms with Crippen LogP contribution in [0.5, 0.6) is 0 Å². The molecule has 1 aliphatic heterocycles. The summed E-state index contributed by atoms with van der Waals surface area (Å²) in [6.07, 6.45) is 0. The van der Waals surface area contributed by atoms with Crippen LogP contribution in [0.15, 0.2) is 29.2 Å². The number of carbonyl (C=O) groups is 3.